The van der Waals surface area contributed by atoms with Crippen molar-refractivity contribution in [2.75, 3.05) is 42.7 Å². The molecule has 1 aromatic carbocycles. The lowest BCUT2D eigenvalue weighted by atomic mass is 9.94. The second kappa shape index (κ2) is 9.49. The van der Waals surface area contributed by atoms with E-state index in [2.05, 4.69) is 53.9 Å². The monoisotopic (exact) mass is 497 g/mol. The fourth-order valence-corrected chi connectivity index (χ4v) is 5.07. The van der Waals surface area contributed by atoms with Crippen LogP contribution in [0.4, 0.5) is 17.2 Å². The number of hydrogen-bond donors (Lipinski definition) is 4. The number of nitrogens with one attached hydrogen (secondary N) is 3. The number of rotatable bonds is 6. The second-order valence-electron chi connectivity index (χ2n) is 10.2. The highest BCUT2D eigenvalue weighted by atomic mass is 16.3. The molecule has 3 aromatic rings. The van der Waals surface area contributed by atoms with Gasteiger partial charge in [0, 0.05) is 48.8 Å². The van der Waals surface area contributed by atoms with Gasteiger partial charge in [0.05, 0.1) is 29.3 Å². The van der Waals surface area contributed by atoms with Crippen molar-refractivity contribution < 1.29 is 9.90 Å². The first kappa shape index (κ1) is 23.4. The van der Waals surface area contributed by atoms with Crippen LogP contribution >= 0.6 is 0 Å². The number of fused-ring (bicyclic) bond motifs is 2. The molecule has 6 rings (SSSR count). The van der Waals surface area contributed by atoms with Crippen LogP contribution in [0.2, 0.25) is 0 Å². The van der Waals surface area contributed by atoms with Crippen molar-refractivity contribution in [3.63, 3.8) is 0 Å². The van der Waals surface area contributed by atoms with Crippen molar-refractivity contribution in [3.8, 4) is 11.1 Å². The molecule has 9 nitrogen and oxygen atoms in total. The number of hydrogen-bond acceptors (Lipinski definition) is 8. The largest absolute Gasteiger partial charge is 0.393 e. The Hall–Kier alpha value is -3.95. The molecule has 1 amide bonds. The quantitative estimate of drug-likeness (QED) is 0.385. The third kappa shape index (κ3) is 4.87. The number of aromatic nitrogens is 2. The number of carbonyl (C=O) groups excluding carboxylic acids is 1. The predicted octanol–water partition coefficient (Wildman–Crippen LogP) is 2.87. The van der Waals surface area contributed by atoms with E-state index in [-0.39, 0.29) is 18.2 Å². The molecule has 1 unspecified atom stereocenters. The number of aliphatic hydroxyl groups excluding tert-OH is 1. The van der Waals surface area contributed by atoms with Crippen LogP contribution in [0.1, 0.15) is 24.0 Å². The predicted molar refractivity (Wildman–Crippen MR) is 145 cm³/mol. The Balaban J connectivity index is 1.23. The van der Waals surface area contributed by atoms with Gasteiger partial charge in [-0.3, -0.25) is 9.78 Å². The standard InChI is InChI=1S/C28H31N7O2/c1-34(2)16-17-11-19(14-29-13-17)18-3-5-23-22(12-18)25(26-27(32-23)33-26)28(37)31-20-4-6-24(30-15-20)35-9-7-21(36)8-10-35/h3-6,11-15,21,27,32-33,36H,7-10,16H2,1-2H3,(H,31,37). The smallest absolute Gasteiger partial charge is 0.258 e. The number of pyridine rings is 2. The highest BCUT2D eigenvalue weighted by molar-refractivity contribution is 6.28. The summed E-state index contributed by atoms with van der Waals surface area (Å²) < 4.78 is 0. The summed E-state index contributed by atoms with van der Waals surface area (Å²) in [4.78, 5) is 26.8. The molecule has 5 heterocycles. The molecule has 0 radical (unpaired) electrons. The average Bonchev–Trinajstić information content (AvgIpc) is 3.66. The fraction of sp³-hybridized carbons (Fsp3) is 0.321. The Kier molecular flexibility index (Phi) is 6.02. The van der Waals surface area contributed by atoms with Crippen LogP contribution in [0.15, 0.2) is 60.7 Å². The van der Waals surface area contributed by atoms with Crippen molar-refractivity contribution in [2.45, 2.75) is 31.7 Å². The first-order valence-corrected chi connectivity index (χ1v) is 12.7. The van der Waals surface area contributed by atoms with Gasteiger partial charge in [-0.2, -0.15) is 0 Å². The fourth-order valence-electron chi connectivity index (χ4n) is 5.07. The maximum Gasteiger partial charge on any atom is 0.258 e. The van der Waals surface area contributed by atoms with Crippen molar-refractivity contribution >= 4 is 28.7 Å². The van der Waals surface area contributed by atoms with Gasteiger partial charge in [0.25, 0.3) is 5.91 Å². The molecule has 0 spiro atoms. The van der Waals surface area contributed by atoms with E-state index in [0.29, 0.717) is 11.3 Å². The van der Waals surface area contributed by atoms with Crippen LogP contribution in [-0.4, -0.2) is 65.3 Å². The van der Waals surface area contributed by atoms with E-state index in [1.54, 1.807) is 6.20 Å². The lowest BCUT2D eigenvalue weighted by Gasteiger charge is -2.30. The minimum Gasteiger partial charge on any atom is -0.393 e. The maximum absolute atomic E-state index is 13.5. The van der Waals surface area contributed by atoms with Gasteiger partial charge in [0.15, 0.2) is 0 Å². The van der Waals surface area contributed by atoms with E-state index >= 15 is 0 Å². The van der Waals surface area contributed by atoms with Crippen LogP contribution in [0.5, 0.6) is 0 Å². The summed E-state index contributed by atoms with van der Waals surface area (Å²) in [7, 11) is 4.07. The first-order valence-electron chi connectivity index (χ1n) is 12.7. The Bertz CT molecular complexity index is 1360. The molecule has 0 aliphatic carbocycles. The van der Waals surface area contributed by atoms with E-state index in [9.17, 15) is 9.90 Å². The molecule has 37 heavy (non-hydrogen) atoms. The van der Waals surface area contributed by atoms with Crippen molar-refractivity contribution in [2.24, 2.45) is 0 Å². The van der Waals surface area contributed by atoms with Gasteiger partial charge in [-0.05, 0) is 68.4 Å². The van der Waals surface area contributed by atoms with Crippen molar-refractivity contribution in [1.82, 2.24) is 20.2 Å². The SMILES string of the molecule is CN(C)Cc1cncc(-c2ccc3c(c2)C(C(=O)Nc2ccc(N4CCC(O)CC4)nc2)=C2NC2N3)c1. The van der Waals surface area contributed by atoms with Gasteiger partial charge >= 0.3 is 0 Å². The molecule has 0 bridgehead atoms. The Morgan fingerprint density at radius 1 is 1.08 bits per heavy atom. The van der Waals surface area contributed by atoms with E-state index in [1.807, 2.05) is 44.7 Å². The molecule has 190 valence electrons. The van der Waals surface area contributed by atoms with E-state index in [0.717, 1.165) is 71.9 Å². The first-order chi connectivity index (χ1) is 17.9. The maximum atomic E-state index is 13.5. The number of anilines is 3. The zero-order chi connectivity index (χ0) is 25.5. The molecule has 4 N–H and O–H groups in total. The molecule has 2 saturated heterocycles. The van der Waals surface area contributed by atoms with E-state index in [1.165, 1.54) is 0 Å². The van der Waals surface area contributed by atoms with Crippen LogP contribution in [-0.2, 0) is 11.3 Å². The normalized spacial score (nSPS) is 18.6. The number of piperidine rings is 1. The molecule has 2 aromatic heterocycles. The summed E-state index contributed by atoms with van der Waals surface area (Å²) in [5.74, 6) is 0.692. The zero-order valence-electron chi connectivity index (χ0n) is 21.0. The van der Waals surface area contributed by atoms with E-state index in [4.69, 9.17) is 0 Å². The lowest BCUT2D eigenvalue weighted by molar-refractivity contribution is -0.111. The topological polar surface area (TPSA) is 116 Å². The molecular weight excluding hydrogens is 466 g/mol. The third-order valence-electron chi connectivity index (χ3n) is 7.01. The summed E-state index contributed by atoms with van der Waals surface area (Å²) in [6.07, 6.45) is 6.69. The van der Waals surface area contributed by atoms with Crippen molar-refractivity contribution in [3.05, 3.63) is 71.8 Å². The summed E-state index contributed by atoms with van der Waals surface area (Å²) >= 11 is 0. The molecule has 2 fully saturated rings. The summed E-state index contributed by atoms with van der Waals surface area (Å²) in [5.41, 5.74) is 7.14. The summed E-state index contributed by atoms with van der Waals surface area (Å²) in [5, 5.41) is 19.5. The lowest BCUT2D eigenvalue weighted by Crippen LogP contribution is -2.36. The number of aliphatic hydroxyl groups is 1. The highest BCUT2D eigenvalue weighted by Crippen LogP contribution is 2.41. The Morgan fingerprint density at radius 2 is 1.92 bits per heavy atom. The van der Waals surface area contributed by atoms with Gasteiger partial charge in [-0.15, -0.1) is 0 Å². The third-order valence-corrected chi connectivity index (χ3v) is 7.01. The second-order valence-corrected chi connectivity index (χ2v) is 10.2. The van der Waals surface area contributed by atoms with Crippen LogP contribution in [0.25, 0.3) is 16.7 Å². The molecule has 9 heteroatoms. The molecular formula is C28H31N7O2. The van der Waals surface area contributed by atoms with Crippen LogP contribution in [0.3, 0.4) is 0 Å². The molecule has 1 atom stereocenters. The van der Waals surface area contributed by atoms with E-state index < -0.39 is 0 Å². The number of benzene rings is 1. The minimum atomic E-state index is -0.226. The van der Waals surface area contributed by atoms with Gasteiger partial charge in [-0.25, -0.2) is 4.98 Å². The van der Waals surface area contributed by atoms with Crippen molar-refractivity contribution in [1.29, 1.82) is 0 Å². The number of nitrogens with zero attached hydrogens (tertiary/aromatic N) is 4. The Labute approximate surface area is 216 Å². The highest BCUT2D eigenvalue weighted by Gasteiger charge is 2.40. The van der Waals surface area contributed by atoms with Gasteiger partial charge in [-0.1, -0.05) is 6.07 Å². The van der Waals surface area contributed by atoms with Gasteiger partial charge < -0.3 is 30.9 Å². The van der Waals surface area contributed by atoms with Crippen LogP contribution < -0.4 is 20.9 Å². The van der Waals surface area contributed by atoms with Gasteiger partial charge in [0.2, 0.25) is 0 Å². The number of carbonyl (C=O) groups is 1. The molecule has 3 aliphatic rings. The molecule has 3 aliphatic heterocycles. The average molecular weight is 498 g/mol. The molecule has 0 saturated carbocycles. The minimum absolute atomic E-state index is 0.0147. The Morgan fingerprint density at radius 3 is 2.68 bits per heavy atom. The summed E-state index contributed by atoms with van der Waals surface area (Å²) in [6, 6.07) is 12.1. The zero-order valence-corrected chi connectivity index (χ0v) is 21.0. The van der Waals surface area contributed by atoms with Gasteiger partial charge in [0.1, 0.15) is 12.0 Å². The number of amides is 1. The van der Waals surface area contributed by atoms with Crippen LogP contribution in [0, 0.1) is 0 Å². The summed E-state index contributed by atoms with van der Waals surface area (Å²) in [6.45, 7) is 2.37.